The fourth-order valence-corrected chi connectivity index (χ4v) is 3.66. The molecular formula is C21H24N2O2. The quantitative estimate of drug-likeness (QED) is 0.922. The molecule has 1 fully saturated rings. The average molecular weight is 336 g/mol. The summed E-state index contributed by atoms with van der Waals surface area (Å²) in [6, 6.07) is 13.8. The minimum Gasteiger partial charge on any atom is -0.493 e. The molecule has 0 aliphatic carbocycles. The zero-order chi connectivity index (χ0) is 17.1. The van der Waals surface area contributed by atoms with E-state index in [1.54, 1.807) is 0 Å². The van der Waals surface area contributed by atoms with Crippen molar-refractivity contribution < 1.29 is 9.53 Å². The summed E-state index contributed by atoms with van der Waals surface area (Å²) in [4.78, 5) is 15.2. The fraction of sp³-hybridized carbons (Fsp3) is 0.381. The zero-order valence-electron chi connectivity index (χ0n) is 14.5. The van der Waals surface area contributed by atoms with Gasteiger partial charge in [0.1, 0.15) is 5.75 Å². The standard InChI is InChI=1S/C21H24N2O2/c24-21(17-8-9-20-16(14-17)10-13-25-20)22-19-7-3-2-6-18(19)15-23-11-4-1-5-12-23/h2-3,6-9,14H,1,4-5,10-13,15H2,(H,22,24). The maximum atomic E-state index is 12.7. The van der Waals surface area contributed by atoms with Gasteiger partial charge in [0.25, 0.3) is 5.91 Å². The number of amides is 1. The number of hydrogen-bond donors (Lipinski definition) is 1. The molecule has 0 atom stereocenters. The van der Waals surface area contributed by atoms with Crippen molar-refractivity contribution in [3.05, 3.63) is 59.2 Å². The van der Waals surface area contributed by atoms with Gasteiger partial charge in [0.15, 0.2) is 0 Å². The lowest BCUT2D eigenvalue weighted by atomic mass is 10.1. The third-order valence-electron chi connectivity index (χ3n) is 5.06. The molecule has 4 rings (SSSR count). The van der Waals surface area contributed by atoms with Crippen LogP contribution in [0.5, 0.6) is 5.75 Å². The second kappa shape index (κ2) is 7.28. The first-order chi connectivity index (χ1) is 12.3. The van der Waals surface area contributed by atoms with E-state index in [0.29, 0.717) is 12.2 Å². The third kappa shape index (κ3) is 3.69. The van der Waals surface area contributed by atoms with Crippen LogP contribution in [-0.2, 0) is 13.0 Å². The molecule has 2 aromatic carbocycles. The number of likely N-dealkylation sites (tertiary alicyclic amines) is 1. The Morgan fingerprint density at radius 1 is 1.08 bits per heavy atom. The van der Waals surface area contributed by atoms with Gasteiger partial charge in [-0.3, -0.25) is 9.69 Å². The van der Waals surface area contributed by atoms with E-state index < -0.39 is 0 Å². The molecular weight excluding hydrogens is 312 g/mol. The van der Waals surface area contributed by atoms with Crippen LogP contribution >= 0.6 is 0 Å². The first-order valence-electron chi connectivity index (χ1n) is 9.17. The smallest absolute Gasteiger partial charge is 0.255 e. The monoisotopic (exact) mass is 336 g/mol. The van der Waals surface area contributed by atoms with Crippen molar-refractivity contribution >= 4 is 11.6 Å². The maximum Gasteiger partial charge on any atom is 0.255 e. The largest absolute Gasteiger partial charge is 0.493 e. The highest BCUT2D eigenvalue weighted by Gasteiger charge is 2.17. The van der Waals surface area contributed by atoms with Crippen LogP contribution in [0, 0.1) is 0 Å². The van der Waals surface area contributed by atoms with E-state index >= 15 is 0 Å². The summed E-state index contributed by atoms with van der Waals surface area (Å²) in [5, 5.41) is 3.10. The van der Waals surface area contributed by atoms with E-state index in [4.69, 9.17) is 4.74 Å². The molecule has 0 saturated carbocycles. The molecule has 2 heterocycles. The molecule has 1 N–H and O–H groups in total. The highest BCUT2D eigenvalue weighted by atomic mass is 16.5. The van der Waals surface area contributed by atoms with Gasteiger partial charge < -0.3 is 10.1 Å². The Kier molecular flexibility index (Phi) is 4.70. The fourth-order valence-electron chi connectivity index (χ4n) is 3.66. The van der Waals surface area contributed by atoms with Gasteiger partial charge in [-0.25, -0.2) is 0 Å². The van der Waals surface area contributed by atoms with E-state index in [1.807, 2.05) is 36.4 Å². The number of carbonyl (C=O) groups excluding carboxylic acids is 1. The molecule has 0 aromatic heterocycles. The number of piperidine rings is 1. The van der Waals surface area contributed by atoms with Crippen molar-refractivity contribution in [2.45, 2.75) is 32.2 Å². The van der Waals surface area contributed by atoms with E-state index in [9.17, 15) is 4.79 Å². The van der Waals surface area contributed by atoms with Gasteiger partial charge >= 0.3 is 0 Å². The lowest BCUT2D eigenvalue weighted by molar-refractivity contribution is 0.102. The number of fused-ring (bicyclic) bond motifs is 1. The second-order valence-corrected chi connectivity index (χ2v) is 6.87. The molecule has 130 valence electrons. The molecule has 4 heteroatoms. The molecule has 0 radical (unpaired) electrons. The summed E-state index contributed by atoms with van der Waals surface area (Å²) in [5.41, 5.74) is 3.91. The summed E-state index contributed by atoms with van der Waals surface area (Å²) in [6.45, 7) is 3.90. The van der Waals surface area contributed by atoms with Crippen LogP contribution < -0.4 is 10.1 Å². The molecule has 2 aliphatic heterocycles. The topological polar surface area (TPSA) is 41.6 Å². The van der Waals surface area contributed by atoms with Crippen molar-refractivity contribution in [1.29, 1.82) is 0 Å². The second-order valence-electron chi connectivity index (χ2n) is 6.87. The number of benzene rings is 2. The lowest BCUT2D eigenvalue weighted by Crippen LogP contribution is -2.29. The van der Waals surface area contributed by atoms with E-state index in [-0.39, 0.29) is 5.91 Å². The number of nitrogens with one attached hydrogen (secondary N) is 1. The Morgan fingerprint density at radius 3 is 2.80 bits per heavy atom. The van der Waals surface area contributed by atoms with Gasteiger partial charge in [-0.1, -0.05) is 24.6 Å². The molecule has 0 unspecified atom stereocenters. The molecule has 1 saturated heterocycles. The van der Waals surface area contributed by atoms with Crippen LogP contribution in [0.15, 0.2) is 42.5 Å². The van der Waals surface area contributed by atoms with Gasteiger partial charge in [-0.05, 0) is 61.3 Å². The van der Waals surface area contributed by atoms with E-state index in [2.05, 4.69) is 16.3 Å². The Hall–Kier alpha value is -2.33. The van der Waals surface area contributed by atoms with Crippen LogP contribution in [0.1, 0.15) is 40.7 Å². The molecule has 2 aromatic rings. The highest BCUT2D eigenvalue weighted by Crippen LogP contribution is 2.27. The van der Waals surface area contributed by atoms with Crippen molar-refractivity contribution in [2.75, 3.05) is 25.0 Å². The number of carbonyl (C=O) groups is 1. The van der Waals surface area contributed by atoms with Crippen molar-refractivity contribution in [1.82, 2.24) is 4.90 Å². The van der Waals surface area contributed by atoms with Gasteiger partial charge in [0.2, 0.25) is 0 Å². The van der Waals surface area contributed by atoms with Crippen LogP contribution in [0.25, 0.3) is 0 Å². The molecule has 1 amide bonds. The molecule has 2 aliphatic rings. The lowest BCUT2D eigenvalue weighted by Gasteiger charge is -2.27. The van der Waals surface area contributed by atoms with Gasteiger partial charge in [-0.2, -0.15) is 0 Å². The average Bonchev–Trinajstić information content (AvgIpc) is 3.12. The minimum atomic E-state index is -0.0548. The Labute approximate surface area is 148 Å². The SMILES string of the molecule is O=C(Nc1ccccc1CN1CCCCC1)c1ccc2c(c1)CCO2. The summed E-state index contributed by atoms with van der Waals surface area (Å²) in [5.74, 6) is 0.850. The van der Waals surface area contributed by atoms with Crippen molar-refractivity contribution in [2.24, 2.45) is 0 Å². The van der Waals surface area contributed by atoms with Crippen LogP contribution in [0.4, 0.5) is 5.69 Å². The van der Waals surface area contributed by atoms with E-state index in [1.165, 1.54) is 24.8 Å². The molecule has 4 nitrogen and oxygen atoms in total. The number of anilines is 1. The number of nitrogens with zero attached hydrogens (tertiary/aromatic N) is 1. The molecule has 25 heavy (non-hydrogen) atoms. The predicted octanol–water partition coefficient (Wildman–Crippen LogP) is 3.86. The number of para-hydroxylation sites is 1. The van der Waals surface area contributed by atoms with Crippen LogP contribution in [0.3, 0.4) is 0 Å². The number of ether oxygens (including phenoxy) is 1. The van der Waals surface area contributed by atoms with Crippen LogP contribution in [0.2, 0.25) is 0 Å². The Bertz CT molecular complexity index is 766. The number of rotatable bonds is 4. The number of hydrogen-bond acceptors (Lipinski definition) is 3. The Morgan fingerprint density at radius 2 is 1.92 bits per heavy atom. The first-order valence-corrected chi connectivity index (χ1v) is 9.17. The van der Waals surface area contributed by atoms with E-state index in [0.717, 1.165) is 43.1 Å². The molecule has 0 spiro atoms. The highest BCUT2D eigenvalue weighted by molar-refractivity contribution is 6.04. The normalized spacial score (nSPS) is 17.0. The minimum absolute atomic E-state index is 0.0548. The van der Waals surface area contributed by atoms with Crippen LogP contribution in [-0.4, -0.2) is 30.5 Å². The van der Waals surface area contributed by atoms with Gasteiger partial charge in [-0.15, -0.1) is 0 Å². The zero-order valence-corrected chi connectivity index (χ0v) is 14.5. The summed E-state index contributed by atoms with van der Waals surface area (Å²) in [6.07, 6.45) is 4.75. The first kappa shape index (κ1) is 16.2. The maximum absolute atomic E-state index is 12.7. The van der Waals surface area contributed by atoms with Crippen molar-refractivity contribution in [3.8, 4) is 5.75 Å². The predicted molar refractivity (Wildman–Crippen MR) is 99.2 cm³/mol. The molecule has 0 bridgehead atoms. The van der Waals surface area contributed by atoms with Gasteiger partial charge in [0, 0.05) is 24.2 Å². The van der Waals surface area contributed by atoms with Crippen molar-refractivity contribution in [3.63, 3.8) is 0 Å². The summed E-state index contributed by atoms with van der Waals surface area (Å²) in [7, 11) is 0. The Balaban J connectivity index is 1.49. The van der Waals surface area contributed by atoms with Gasteiger partial charge in [0.05, 0.1) is 6.61 Å². The summed E-state index contributed by atoms with van der Waals surface area (Å²) < 4.78 is 5.52. The third-order valence-corrected chi connectivity index (χ3v) is 5.06. The summed E-state index contributed by atoms with van der Waals surface area (Å²) >= 11 is 0.